The molecule has 0 N–H and O–H groups in total. The minimum absolute atomic E-state index is 0.00616. The number of rotatable bonds is 9. The van der Waals surface area contributed by atoms with Crippen molar-refractivity contribution in [3.63, 3.8) is 0 Å². The summed E-state index contributed by atoms with van der Waals surface area (Å²) >= 11 is 0. The van der Waals surface area contributed by atoms with Crippen molar-refractivity contribution in [2.75, 3.05) is 4.90 Å². The predicted octanol–water partition coefficient (Wildman–Crippen LogP) is 19.3. The van der Waals surface area contributed by atoms with E-state index in [1.54, 1.807) is 0 Å². The Hall–Kier alpha value is -5.40. The molecular formula is C62H85N. The monoisotopic (exact) mass is 844 g/mol. The van der Waals surface area contributed by atoms with Crippen molar-refractivity contribution in [1.29, 1.82) is 0 Å². The first-order valence-electron chi connectivity index (χ1n) is 24.4. The second kappa shape index (κ2) is 29.8. The first-order chi connectivity index (χ1) is 30.8. The van der Waals surface area contributed by atoms with Crippen LogP contribution < -0.4 is 4.90 Å². The van der Waals surface area contributed by atoms with Crippen molar-refractivity contribution >= 4 is 17.1 Å². The molecule has 6 aromatic carbocycles. The Morgan fingerprint density at radius 2 is 0.762 bits per heavy atom. The lowest BCUT2D eigenvalue weighted by Gasteiger charge is -2.30. The number of benzene rings is 6. The molecule has 0 saturated carbocycles. The molecular weight excluding hydrogens is 759 g/mol. The van der Waals surface area contributed by atoms with E-state index in [0.717, 1.165) is 19.3 Å². The lowest BCUT2D eigenvalue weighted by Crippen LogP contribution is -2.24. The quantitative estimate of drug-likeness (QED) is 0.131. The maximum Gasteiger partial charge on any atom is 0.0461 e. The lowest BCUT2D eigenvalue weighted by molar-refractivity contribution is 0.542. The molecule has 63 heavy (non-hydrogen) atoms. The van der Waals surface area contributed by atoms with Crippen molar-refractivity contribution in [3.05, 3.63) is 208 Å². The fourth-order valence-corrected chi connectivity index (χ4v) is 7.93. The topological polar surface area (TPSA) is 3.24 Å². The molecule has 8 rings (SSSR count). The normalized spacial score (nSPS) is 11.2. The van der Waals surface area contributed by atoms with Gasteiger partial charge in [-0.3, -0.25) is 0 Å². The second-order valence-corrected chi connectivity index (χ2v) is 14.6. The zero-order valence-corrected chi connectivity index (χ0v) is 42.7. The van der Waals surface area contributed by atoms with Crippen molar-refractivity contribution in [3.8, 4) is 11.1 Å². The van der Waals surface area contributed by atoms with Crippen LogP contribution in [0.2, 0.25) is 0 Å². The largest absolute Gasteiger partial charge is 0.311 e. The summed E-state index contributed by atoms with van der Waals surface area (Å²) in [7, 11) is 0. The number of aryl methyl sites for hydroxylation is 6. The number of hydrogen-bond donors (Lipinski definition) is 0. The van der Waals surface area contributed by atoms with E-state index in [4.69, 9.17) is 0 Å². The first-order valence-corrected chi connectivity index (χ1v) is 24.4. The molecule has 0 aromatic heterocycles. The van der Waals surface area contributed by atoms with Gasteiger partial charge in [-0.15, -0.1) is 13.2 Å². The molecule has 0 atom stereocenters. The average Bonchev–Trinajstić information content (AvgIpc) is 3.58. The molecule has 0 unspecified atom stereocenters. The smallest absolute Gasteiger partial charge is 0.0461 e. The van der Waals surface area contributed by atoms with Gasteiger partial charge in [0.15, 0.2) is 0 Å². The summed E-state index contributed by atoms with van der Waals surface area (Å²) < 4.78 is 0. The molecule has 0 spiro atoms. The van der Waals surface area contributed by atoms with Gasteiger partial charge in [0.25, 0.3) is 0 Å². The Kier molecular flexibility index (Phi) is 26.3. The van der Waals surface area contributed by atoms with Gasteiger partial charge in [0, 0.05) is 22.5 Å². The number of fused-ring (bicyclic) bond motifs is 4. The molecule has 0 aliphatic heterocycles. The fraction of sp³-hybridized carbons (Fsp3) is 0.355. The van der Waals surface area contributed by atoms with Gasteiger partial charge in [0.2, 0.25) is 0 Å². The van der Waals surface area contributed by atoms with Crippen LogP contribution in [0.3, 0.4) is 0 Å². The van der Waals surface area contributed by atoms with Gasteiger partial charge >= 0.3 is 0 Å². The molecule has 0 heterocycles. The summed E-state index contributed by atoms with van der Waals surface area (Å²) in [5, 5.41) is 0. The number of hydrogen-bond acceptors (Lipinski definition) is 1. The zero-order chi connectivity index (χ0) is 47.5. The summed E-state index contributed by atoms with van der Waals surface area (Å²) in [6.07, 6.45) is 9.48. The highest BCUT2D eigenvalue weighted by atomic mass is 15.1. The van der Waals surface area contributed by atoms with Crippen LogP contribution in [-0.2, 0) is 24.7 Å². The van der Waals surface area contributed by atoms with Gasteiger partial charge in [0.1, 0.15) is 0 Å². The van der Waals surface area contributed by atoms with Crippen molar-refractivity contribution < 1.29 is 0 Å². The van der Waals surface area contributed by atoms with Gasteiger partial charge in [-0.25, -0.2) is 0 Å². The summed E-state index contributed by atoms with van der Waals surface area (Å²) in [6.45, 7) is 40.6. The average molecular weight is 844 g/mol. The Balaban J connectivity index is 0.000000528. The van der Waals surface area contributed by atoms with Gasteiger partial charge in [-0.05, 0) is 141 Å². The van der Waals surface area contributed by atoms with Crippen LogP contribution in [0.4, 0.5) is 17.1 Å². The molecule has 0 fully saturated rings. The third-order valence-electron chi connectivity index (χ3n) is 10.8. The third-order valence-corrected chi connectivity index (χ3v) is 10.8. The fourth-order valence-electron chi connectivity index (χ4n) is 7.93. The Bertz CT molecular complexity index is 2070. The van der Waals surface area contributed by atoms with Crippen molar-refractivity contribution in [2.24, 2.45) is 0 Å². The van der Waals surface area contributed by atoms with E-state index < -0.39 is 0 Å². The van der Waals surface area contributed by atoms with E-state index in [2.05, 4.69) is 173 Å². The second-order valence-electron chi connectivity index (χ2n) is 14.6. The van der Waals surface area contributed by atoms with Crippen LogP contribution in [0.5, 0.6) is 0 Å². The van der Waals surface area contributed by atoms with E-state index in [0.29, 0.717) is 0 Å². The van der Waals surface area contributed by atoms with Crippen LogP contribution in [0.25, 0.3) is 11.1 Å². The van der Waals surface area contributed by atoms with Crippen LogP contribution in [0.1, 0.15) is 152 Å². The molecule has 1 nitrogen and oxygen atoms in total. The van der Waals surface area contributed by atoms with Gasteiger partial charge in [0.05, 0.1) is 0 Å². The lowest BCUT2D eigenvalue weighted by atomic mass is 9.72. The Morgan fingerprint density at radius 1 is 0.413 bits per heavy atom. The maximum absolute atomic E-state index is 4.01. The highest BCUT2D eigenvalue weighted by molar-refractivity contribution is 5.82. The first kappa shape index (κ1) is 55.6. The highest BCUT2D eigenvalue weighted by Crippen LogP contribution is 2.53. The predicted molar refractivity (Wildman–Crippen MR) is 287 cm³/mol. The van der Waals surface area contributed by atoms with E-state index in [-0.39, 0.29) is 5.41 Å². The summed E-state index contributed by atoms with van der Waals surface area (Å²) in [5.74, 6) is 0. The van der Waals surface area contributed by atoms with Gasteiger partial charge < -0.3 is 4.90 Å². The molecule has 6 aromatic rings. The van der Waals surface area contributed by atoms with Crippen LogP contribution in [0.15, 0.2) is 153 Å². The molecule has 0 bridgehead atoms. The SMILES string of the molecule is C=CCC1(CC=C)c2cc(C)ccc2-c2ccc(C)cc21.CC.CC.CC.CC.CC.CC.Cc1ccc(N(c2ccc(C)cc2)c2ccc(Cc3ccc4c(c3)CC4)cc2)cc1. The summed E-state index contributed by atoms with van der Waals surface area (Å²) in [4.78, 5) is 2.33. The van der Waals surface area contributed by atoms with Gasteiger partial charge in [-0.2, -0.15) is 0 Å². The molecule has 338 valence electrons. The minimum atomic E-state index is 0.00616. The number of anilines is 3. The minimum Gasteiger partial charge on any atom is -0.311 e. The van der Waals surface area contributed by atoms with Crippen molar-refractivity contribution in [2.45, 2.75) is 148 Å². The number of allylic oxidation sites excluding steroid dienone is 2. The molecule has 2 aliphatic carbocycles. The molecule has 1 heteroatoms. The third kappa shape index (κ3) is 14.3. The van der Waals surface area contributed by atoms with Crippen LogP contribution >= 0.6 is 0 Å². The van der Waals surface area contributed by atoms with E-state index in [1.165, 1.54) is 96.7 Å². The molecule has 0 radical (unpaired) electrons. The van der Waals surface area contributed by atoms with E-state index in [9.17, 15) is 0 Å². The number of nitrogens with zero attached hydrogens (tertiary/aromatic N) is 1. The standard InChI is InChI=1S/C29H27N.C21H22.6C2H6/c1-21-3-13-27(14-4-21)30(28-15-5-22(2)6-16-28)29-17-8-23(9-18-29)19-24-7-10-25-11-12-26(25)20-24;1-5-11-21(12-6-2)19-13-15(3)7-9-17(19)18-10-8-16(4)14-20(18)21;6*1-2/h3-10,13-18,20H,11-12,19H2,1-2H3;5-10,13-14H,1-2,11-12H2,3-4H3;6*1-2H3. The molecule has 0 amide bonds. The van der Waals surface area contributed by atoms with Crippen LogP contribution in [0, 0.1) is 27.7 Å². The summed E-state index contributed by atoms with van der Waals surface area (Å²) in [6, 6.07) is 47.2. The Labute approximate surface area is 388 Å². The summed E-state index contributed by atoms with van der Waals surface area (Å²) in [5.41, 5.74) is 20.2. The molecule has 2 aliphatic rings. The van der Waals surface area contributed by atoms with E-state index in [1.807, 2.05) is 95.2 Å². The zero-order valence-electron chi connectivity index (χ0n) is 42.7. The molecule has 0 saturated heterocycles. The van der Waals surface area contributed by atoms with E-state index >= 15 is 0 Å². The van der Waals surface area contributed by atoms with Crippen molar-refractivity contribution in [1.82, 2.24) is 0 Å². The highest BCUT2D eigenvalue weighted by Gasteiger charge is 2.41. The van der Waals surface area contributed by atoms with Crippen LogP contribution in [-0.4, -0.2) is 0 Å². The Morgan fingerprint density at radius 3 is 1.11 bits per heavy atom. The van der Waals surface area contributed by atoms with Gasteiger partial charge in [-0.1, -0.05) is 208 Å². The maximum atomic E-state index is 4.01.